The number of hydrogen-bond acceptors (Lipinski definition) is 5. The maximum Gasteiger partial charge on any atom is 0.0922 e. The lowest BCUT2D eigenvalue weighted by Gasteiger charge is -2.29. The standard InChI is InChI=1S/C21H26N4O/c1-14-8-18(9-14)23-12-17(11-22)21-13-24-19-3-2-16(10-20(19)25-21)15-4-6-26-7-5-15/h2-3,10-15,18H,4-9,22H2,1H3. The van der Waals surface area contributed by atoms with E-state index >= 15 is 0 Å². The van der Waals surface area contributed by atoms with Crippen molar-refractivity contribution in [1.29, 1.82) is 0 Å². The summed E-state index contributed by atoms with van der Waals surface area (Å²) in [4.78, 5) is 14.0. The first-order valence-corrected chi connectivity index (χ1v) is 9.53. The van der Waals surface area contributed by atoms with E-state index in [9.17, 15) is 0 Å². The van der Waals surface area contributed by atoms with Crippen LogP contribution < -0.4 is 5.73 Å². The lowest BCUT2D eigenvalue weighted by molar-refractivity contribution is 0.0853. The molecule has 0 spiro atoms. The molecule has 0 unspecified atom stereocenters. The first kappa shape index (κ1) is 17.2. The van der Waals surface area contributed by atoms with Crippen LogP contribution in [0.1, 0.15) is 49.8 Å². The predicted molar refractivity (Wildman–Crippen MR) is 105 cm³/mol. The predicted octanol–water partition coefficient (Wildman–Crippen LogP) is 3.69. The Balaban J connectivity index is 1.58. The van der Waals surface area contributed by atoms with Crippen LogP contribution >= 0.6 is 0 Å². The second-order valence-corrected chi connectivity index (χ2v) is 7.52. The molecule has 2 heterocycles. The fourth-order valence-electron chi connectivity index (χ4n) is 3.81. The number of nitrogens with two attached hydrogens (primary N) is 1. The molecule has 0 atom stereocenters. The summed E-state index contributed by atoms with van der Waals surface area (Å²) in [6.07, 6.45) is 9.67. The van der Waals surface area contributed by atoms with Gasteiger partial charge in [0, 0.05) is 31.2 Å². The average Bonchev–Trinajstić information content (AvgIpc) is 2.67. The molecule has 2 aromatic rings. The van der Waals surface area contributed by atoms with Gasteiger partial charge in [0.05, 0.1) is 29.0 Å². The third-order valence-electron chi connectivity index (χ3n) is 5.51. The fraction of sp³-hybridized carbons (Fsp3) is 0.476. The van der Waals surface area contributed by atoms with Crippen molar-refractivity contribution in [3.05, 3.63) is 41.9 Å². The zero-order chi connectivity index (χ0) is 17.9. The first-order chi connectivity index (χ1) is 12.7. The molecule has 136 valence electrons. The van der Waals surface area contributed by atoms with Gasteiger partial charge >= 0.3 is 0 Å². The van der Waals surface area contributed by atoms with Gasteiger partial charge < -0.3 is 10.5 Å². The quantitative estimate of drug-likeness (QED) is 0.854. The fourth-order valence-corrected chi connectivity index (χ4v) is 3.81. The molecule has 5 nitrogen and oxygen atoms in total. The molecule has 1 aromatic carbocycles. The second-order valence-electron chi connectivity index (χ2n) is 7.52. The van der Waals surface area contributed by atoms with Gasteiger partial charge in [0.1, 0.15) is 0 Å². The molecule has 2 fully saturated rings. The summed E-state index contributed by atoms with van der Waals surface area (Å²) in [7, 11) is 0. The zero-order valence-electron chi connectivity index (χ0n) is 15.3. The third-order valence-corrected chi connectivity index (χ3v) is 5.51. The molecule has 0 bridgehead atoms. The molecule has 2 aliphatic rings. The molecular formula is C21H26N4O. The Morgan fingerprint density at radius 1 is 1.23 bits per heavy atom. The topological polar surface area (TPSA) is 73.4 Å². The Morgan fingerprint density at radius 3 is 2.77 bits per heavy atom. The van der Waals surface area contributed by atoms with Crippen LogP contribution in [0, 0.1) is 5.92 Å². The number of rotatable bonds is 4. The Kier molecular flexibility index (Phi) is 4.98. The van der Waals surface area contributed by atoms with Gasteiger partial charge in [-0.05, 0) is 55.2 Å². The highest BCUT2D eigenvalue weighted by Crippen LogP contribution is 2.30. The van der Waals surface area contributed by atoms with E-state index in [0.29, 0.717) is 12.0 Å². The number of aliphatic imine (C=N–C) groups is 1. The number of hydrogen-bond donors (Lipinski definition) is 1. The number of ether oxygens (including phenoxy) is 1. The van der Waals surface area contributed by atoms with E-state index < -0.39 is 0 Å². The van der Waals surface area contributed by atoms with Crippen LogP contribution in [0.4, 0.5) is 0 Å². The van der Waals surface area contributed by atoms with E-state index in [1.807, 2.05) is 6.21 Å². The van der Waals surface area contributed by atoms with Crippen molar-refractivity contribution in [3.8, 4) is 0 Å². The Morgan fingerprint density at radius 2 is 2.04 bits per heavy atom. The normalized spacial score (nSPS) is 24.9. The molecule has 1 saturated heterocycles. The van der Waals surface area contributed by atoms with Gasteiger partial charge in [-0.1, -0.05) is 13.0 Å². The van der Waals surface area contributed by atoms with E-state index in [4.69, 9.17) is 15.5 Å². The second kappa shape index (κ2) is 7.54. The highest BCUT2D eigenvalue weighted by atomic mass is 16.5. The molecule has 1 aliphatic heterocycles. The number of benzene rings is 1. The van der Waals surface area contributed by atoms with Crippen molar-refractivity contribution in [1.82, 2.24) is 9.97 Å². The summed E-state index contributed by atoms with van der Waals surface area (Å²) >= 11 is 0. The molecule has 26 heavy (non-hydrogen) atoms. The van der Waals surface area contributed by atoms with E-state index in [1.165, 1.54) is 5.56 Å². The molecule has 4 rings (SSSR count). The number of allylic oxidation sites excluding steroid dienone is 1. The summed E-state index contributed by atoms with van der Waals surface area (Å²) in [5.74, 6) is 1.33. The summed E-state index contributed by atoms with van der Waals surface area (Å²) in [5, 5.41) is 0. The zero-order valence-corrected chi connectivity index (χ0v) is 15.3. The van der Waals surface area contributed by atoms with Crippen LogP contribution in [0.15, 0.2) is 35.6 Å². The molecule has 1 aromatic heterocycles. The van der Waals surface area contributed by atoms with E-state index in [2.05, 4.69) is 35.1 Å². The number of aromatic nitrogens is 2. The molecule has 5 heteroatoms. The maximum atomic E-state index is 5.83. The minimum absolute atomic E-state index is 0.425. The van der Waals surface area contributed by atoms with Crippen molar-refractivity contribution in [2.45, 2.75) is 44.6 Å². The van der Waals surface area contributed by atoms with E-state index in [0.717, 1.165) is 67.1 Å². The first-order valence-electron chi connectivity index (χ1n) is 9.53. The van der Waals surface area contributed by atoms with Crippen LogP contribution in [0.2, 0.25) is 0 Å². The molecular weight excluding hydrogens is 324 g/mol. The van der Waals surface area contributed by atoms with Crippen LogP contribution in [-0.2, 0) is 4.74 Å². The van der Waals surface area contributed by atoms with Crippen LogP contribution in [0.5, 0.6) is 0 Å². The van der Waals surface area contributed by atoms with E-state index in [1.54, 1.807) is 12.4 Å². The molecule has 0 radical (unpaired) electrons. The van der Waals surface area contributed by atoms with Crippen LogP contribution in [0.25, 0.3) is 16.6 Å². The van der Waals surface area contributed by atoms with Gasteiger partial charge in [-0.15, -0.1) is 0 Å². The van der Waals surface area contributed by atoms with Crippen molar-refractivity contribution >= 4 is 22.8 Å². The summed E-state index contributed by atoms with van der Waals surface area (Å²) in [5.41, 5.74) is 10.6. The lowest BCUT2D eigenvalue weighted by atomic mass is 9.82. The Bertz CT molecular complexity index is 833. The minimum atomic E-state index is 0.425. The summed E-state index contributed by atoms with van der Waals surface area (Å²) < 4.78 is 5.48. The van der Waals surface area contributed by atoms with E-state index in [-0.39, 0.29) is 0 Å². The Hall–Kier alpha value is -2.27. The van der Waals surface area contributed by atoms with Gasteiger partial charge in [0.15, 0.2) is 0 Å². The summed E-state index contributed by atoms with van der Waals surface area (Å²) in [6.45, 7) is 3.94. The monoisotopic (exact) mass is 350 g/mol. The van der Waals surface area contributed by atoms with Gasteiger partial charge in [-0.2, -0.15) is 0 Å². The lowest BCUT2D eigenvalue weighted by Crippen LogP contribution is -2.24. The SMILES string of the molecule is CC1CC(N=CC(=CN)c2cnc3ccc(C4CCOCC4)cc3n2)C1. The largest absolute Gasteiger partial charge is 0.404 e. The van der Waals surface area contributed by atoms with Gasteiger partial charge in [-0.25, -0.2) is 4.98 Å². The van der Waals surface area contributed by atoms with Crippen molar-refractivity contribution in [3.63, 3.8) is 0 Å². The van der Waals surface area contributed by atoms with Gasteiger partial charge in [-0.3, -0.25) is 9.98 Å². The maximum absolute atomic E-state index is 5.83. The van der Waals surface area contributed by atoms with Crippen molar-refractivity contribution < 1.29 is 4.74 Å². The molecule has 1 saturated carbocycles. The average molecular weight is 350 g/mol. The highest BCUT2D eigenvalue weighted by Gasteiger charge is 2.24. The van der Waals surface area contributed by atoms with Gasteiger partial charge in [0.2, 0.25) is 0 Å². The minimum Gasteiger partial charge on any atom is -0.404 e. The smallest absolute Gasteiger partial charge is 0.0922 e. The third kappa shape index (κ3) is 3.63. The summed E-state index contributed by atoms with van der Waals surface area (Å²) in [6, 6.07) is 6.83. The van der Waals surface area contributed by atoms with Crippen molar-refractivity contribution in [2.75, 3.05) is 13.2 Å². The highest BCUT2D eigenvalue weighted by molar-refractivity contribution is 6.09. The Labute approximate surface area is 154 Å². The molecule has 1 aliphatic carbocycles. The number of fused-ring (bicyclic) bond motifs is 1. The van der Waals surface area contributed by atoms with Gasteiger partial charge in [0.25, 0.3) is 0 Å². The van der Waals surface area contributed by atoms with Crippen molar-refractivity contribution in [2.24, 2.45) is 16.6 Å². The van der Waals surface area contributed by atoms with Crippen LogP contribution in [-0.4, -0.2) is 35.4 Å². The molecule has 0 amide bonds. The van der Waals surface area contributed by atoms with Crippen LogP contribution in [0.3, 0.4) is 0 Å². The number of nitrogens with zero attached hydrogens (tertiary/aromatic N) is 3. The molecule has 2 N–H and O–H groups in total.